The number of carbonyl (C=O) groups excluding carboxylic acids is 2. The molecule has 0 unspecified atom stereocenters. The lowest BCUT2D eigenvalue weighted by Crippen LogP contribution is -2.45. The smallest absolute Gasteiger partial charge is 0.340 e. The van der Waals surface area contributed by atoms with Gasteiger partial charge in [0.05, 0.1) is 5.56 Å². The molecule has 0 saturated carbocycles. The molecule has 0 aliphatic rings. The lowest BCUT2D eigenvalue weighted by molar-refractivity contribution is -0.331. The molecule has 0 spiro atoms. The summed E-state index contributed by atoms with van der Waals surface area (Å²) in [5.74, 6) is -8.06. The molecule has 0 aromatic heterocycles. The number of hydrogen-bond acceptors (Lipinski definition) is 5. The highest BCUT2D eigenvalue weighted by molar-refractivity contribution is 14.1. The summed E-state index contributed by atoms with van der Waals surface area (Å²) in [5, 5.41) is 19.3. The van der Waals surface area contributed by atoms with Crippen molar-refractivity contribution in [1.82, 2.24) is 0 Å². The molecule has 0 amide bonds. The molecule has 0 atom stereocenters. The van der Waals surface area contributed by atoms with Crippen LogP contribution in [0.2, 0.25) is 0 Å². The van der Waals surface area contributed by atoms with Gasteiger partial charge in [-0.25, -0.2) is 4.79 Å². The number of hydrogen-bond donors (Lipinski definition) is 1. The fraction of sp³-hybridized carbons (Fsp3) is 0.200. The number of aliphatic carboxylic acids is 1. The first kappa shape index (κ1) is 16.3. The van der Waals surface area contributed by atoms with Crippen LogP contribution in [0.1, 0.15) is 10.4 Å². The highest BCUT2D eigenvalue weighted by Crippen LogP contribution is 2.26. The van der Waals surface area contributed by atoms with E-state index in [-0.39, 0.29) is 11.3 Å². The maximum atomic E-state index is 12.7. The number of benzene rings is 1. The van der Waals surface area contributed by atoms with E-state index in [0.29, 0.717) is 7.14 Å². The van der Waals surface area contributed by atoms with Crippen LogP contribution >= 0.6 is 45.2 Å². The predicted molar refractivity (Wildman–Crippen MR) is 73.8 cm³/mol. The molecule has 0 fully saturated rings. The number of phenols is 1. The summed E-state index contributed by atoms with van der Waals surface area (Å²) in [4.78, 5) is 21.7. The number of rotatable bonds is 4. The van der Waals surface area contributed by atoms with Crippen molar-refractivity contribution in [2.45, 2.75) is 5.92 Å². The molecule has 104 valence electrons. The molecule has 1 aromatic rings. The number of carbonyl (C=O) groups is 2. The quantitative estimate of drug-likeness (QED) is 0.499. The molecule has 0 aliphatic heterocycles. The molecular weight excluding hydrogens is 492 g/mol. The molecule has 19 heavy (non-hydrogen) atoms. The summed E-state index contributed by atoms with van der Waals surface area (Å²) in [6.07, 6.45) is 0. The Bertz CT molecular complexity index is 510. The first-order chi connectivity index (χ1) is 8.65. The van der Waals surface area contributed by atoms with Crippen LogP contribution in [0.5, 0.6) is 5.75 Å². The zero-order chi connectivity index (χ0) is 14.8. The van der Waals surface area contributed by atoms with Gasteiger partial charge in [-0.2, -0.15) is 8.78 Å². The van der Waals surface area contributed by atoms with Crippen LogP contribution in [0.4, 0.5) is 8.78 Å². The zero-order valence-electron chi connectivity index (χ0n) is 8.95. The van der Waals surface area contributed by atoms with Crippen LogP contribution in [-0.4, -0.2) is 29.6 Å². The predicted octanol–water partition coefficient (Wildman–Crippen LogP) is 1.14. The van der Waals surface area contributed by atoms with Crippen LogP contribution < -0.4 is 5.11 Å². The highest BCUT2D eigenvalue weighted by atomic mass is 127. The van der Waals surface area contributed by atoms with Gasteiger partial charge in [-0.1, -0.05) is 0 Å². The number of halogens is 4. The van der Waals surface area contributed by atoms with Crippen molar-refractivity contribution in [2.24, 2.45) is 0 Å². The minimum absolute atomic E-state index is 0.0202. The van der Waals surface area contributed by atoms with Gasteiger partial charge in [0.25, 0.3) is 0 Å². The second-order valence-electron chi connectivity index (χ2n) is 3.35. The number of carboxylic acid groups (broad SMARTS) is 1. The summed E-state index contributed by atoms with van der Waals surface area (Å²) in [6, 6.07) is 2.49. The van der Waals surface area contributed by atoms with Gasteiger partial charge < -0.3 is 19.7 Å². The number of phenolic OH excluding ortho intramolecular Hbond substituents is 1. The average Bonchev–Trinajstić information content (AvgIpc) is 2.24. The molecule has 1 N–H and O–H groups in total. The average molecular weight is 497 g/mol. The van der Waals surface area contributed by atoms with Gasteiger partial charge in [-0.3, -0.25) is 0 Å². The van der Waals surface area contributed by atoms with E-state index in [4.69, 9.17) is 0 Å². The van der Waals surface area contributed by atoms with E-state index in [1.807, 2.05) is 0 Å². The fourth-order valence-electron chi connectivity index (χ4n) is 1.04. The first-order valence-electron chi connectivity index (χ1n) is 4.59. The van der Waals surface area contributed by atoms with E-state index in [1.165, 1.54) is 12.1 Å². The fourth-order valence-corrected chi connectivity index (χ4v) is 3.22. The van der Waals surface area contributed by atoms with Crippen molar-refractivity contribution in [1.29, 1.82) is 0 Å². The van der Waals surface area contributed by atoms with Crippen molar-refractivity contribution < 1.29 is 33.3 Å². The summed E-state index contributed by atoms with van der Waals surface area (Å²) in [7, 11) is 0. The molecule has 0 aliphatic carbocycles. The van der Waals surface area contributed by atoms with E-state index >= 15 is 0 Å². The summed E-state index contributed by atoms with van der Waals surface area (Å²) in [5.41, 5.74) is -0.0202. The van der Waals surface area contributed by atoms with Crippen molar-refractivity contribution in [3.63, 3.8) is 0 Å². The Kier molecular flexibility index (Phi) is 5.29. The highest BCUT2D eigenvalue weighted by Gasteiger charge is 2.33. The summed E-state index contributed by atoms with van der Waals surface area (Å²) < 4.78 is 30.3. The van der Waals surface area contributed by atoms with E-state index < -0.39 is 24.5 Å². The Morgan fingerprint density at radius 3 is 2.21 bits per heavy atom. The van der Waals surface area contributed by atoms with Crippen molar-refractivity contribution in [3.8, 4) is 5.75 Å². The third-order valence-corrected chi connectivity index (χ3v) is 3.62. The third kappa shape index (κ3) is 4.12. The largest absolute Gasteiger partial charge is 0.544 e. The van der Waals surface area contributed by atoms with E-state index in [0.717, 1.165) is 0 Å². The Morgan fingerprint density at radius 2 is 1.79 bits per heavy atom. The molecule has 9 heteroatoms. The lowest BCUT2D eigenvalue weighted by atomic mass is 10.2. The minimum Gasteiger partial charge on any atom is -0.544 e. The van der Waals surface area contributed by atoms with Crippen LogP contribution in [0, 0.1) is 7.14 Å². The number of aromatic hydroxyl groups is 1. The van der Waals surface area contributed by atoms with Gasteiger partial charge >= 0.3 is 11.9 Å². The van der Waals surface area contributed by atoms with Crippen molar-refractivity contribution in [3.05, 3.63) is 24.8 Å². The maximum absolute atomic E-state index is 12.7. The van der Waals surface area contributed by atoms with Gasteiger partial charge in [0.15, 0.2) is 6.61 Å². The van der Waals surface area contributed by atoms with Crippen LogP contribution in [0.3, 0.4) is 0 Å². The van der Waals surface area contributed by atoms with Gasteiger partial charge in [0, 0.05) is 7.14 Å². The molecule has 0 heterocycles. The number of carboxylic acids is 1. The molecule has 5 nitrogen and oxygen atoms in total. The van der Waals surface area contributed by atoms with Gasteiger partial charge in [0.2, 0.25) is 0 Å². The summed E-state index contributed by atoms with van der Waals surface area (Å²) in [6.45, 7) is -1.61. The Labute approximate surface area is 133 Å². The molecule has 1 rings (SSSR count). The summed E-state index contributed by atoms with van der Waals surface area (Å²) >= 11 is 3.44. The lowest BCUT2D eigenvalue weighted by Gasteiger charge is -2.17. The second-order valence-corrected chi connectivity index (χ2v) is 5.68. The third-order valence-electron chi connectivity index (χ3n) is 1.91. The van der Waals surface area contributed by atoms with Gasteiger partial charge in [-0.05, 0) is 57.3 Å². The van der Waals surface area contributed by atoms with Crippen LogP contribution in [-0.2, 0) is 9.53 Å². The Morgan fingerprint density at radius 1 is 1.32 bits per heavy atom. The molecule has 0 saturated heterocycles. The van der Waals surface area contributed by atoms with E-state index in [2.05, 4.69) is 4.74 Å². The standard InChI is InChI=1S/C10H6F2I2O5/c11-10(12,9(17)18)3-19-8(16)7-5(13)1-4(15)2-6(7)14/h1-2,15H,3H2,(H,17,18)/p-1. The monoisotopic (exact) mass is 497 g/mol. The number of ether oxygens (including phenoxy) is 1. The van der Waals surface area contributed by atoms with Crippen molar-refractivity contribution >= 4 is 57.1 Å². The molecule has 1 aromatic carbocycles. The normalized spacial score (nSPS) is 11.2. The topological polar surface area (TPSA) is 86.7 Å². The second kappa shape index (κ2) is 6.15. The van der Waals surface area contributed by atoms with E-state index in [1.54, 1.807) is 45.2 Å². The zero-order valence-corrected chi connectivity index (χ0v) is 13.3. The number of alkyl halides is 2. The molecular formula is C10H5F2I2O5-. The Balaban J connectivity index is 2.89. The number of esters is 1. The SMILES string of the molecule is O=C(OCC(F)(F)C(=O)[O-])c1c(I)cc(O)cc1I. The maximum Gasteiger partial charge on any atom is 0.340 e. The van der Waals surface area contributed by atoms with Crippen LogP contribution in [0.25, 0.3) is 0 Å². The van der Waals surface area contributed by atoms with Gasteiger partial charge in [-0.15, -0.1) is 0 Å². The van der Waals surface area contributed by atoms with Crippen LogP contribution in [0.15, 0.2) is 12.1 Å². The van der Waals surface area contributed by atoms with Crippen molar-refractivity contribution in [2.75, 3.05) is 6.61 Å². The van der Waals surface area contributed by atoms with E-state index in [9.17, 15) is 28.6 Å². The minimum atomic E-state index is -4.25. The Hall–Kier alpha value is -0.720. The first-order valence-corrected chi connectivity index (χ1v) is 6.75. The van der Waals surface area contributed by atoms with Gasteiger partial charge in [0.1, 0.15) is 11.7 Å². The molecule has 0 bridgehead atoms. The molecule has 0 radical (unpaired) electrons.